The molecule has 32 heavy (non-hydrogen) atoms. The van der Waals surface area contributed by atoms with Gasteiger partial charge in [0.2, 0.25) is 8.32 Å². The first kappa shape index (κ1) is 23.6. The molecule has 4 rings (SSSR count). The van der Waals surface area contributed by atoms with Crippen LogP contribution in [-0.4, -0.2) is 25.6 Å². The quantitative estimate of drug-likeness (QED) is 0.401. The van der Waals surface area contributed by atoms with Gasteiger partial charge in [-0.2, -0.15) is 4.89 Å². The van der Waals surface area contributed by atoms with Crippen LogP contribution in [0.4, 0.5) is 0 Å². The van der Waals surface area contributed by atoms with Crippen LogP contribution in [-0.2, 0) is 20.3 Å². The second-order valence-electron chi connectivity index (χ2n) is 12.6. The number of hydrogen-bond donors (Lipinski definition) is 1. The zero-order chi connectivity index (χ0) is 24.0. The van der Waals surface area contributed by atoms with Crippen LogP contribution in [0.1, 0.15) is 61.0 Å². The summed E-state index contributed by atoms with van der Waals surface area (Å²) in [6.07, 6.45) is 0. The molecule has 0 aromatic heterocycles. The number of fused-ring (bicyclic) bond motifs is 2. The minimum absolute atomic E-state index is 0.105. The summed E-state index contributed by atoms with van der Waals surface area (Å²) >= 11 is 0. The standard InChI is InChI=1S/C26H38O5Si/c1-22(2,3)26-24(7,8)16-28-25(26,30-31-26)20-14-18-13-19(12-11-17(18)15-21(20)27)29-32(9,10)23(4,5)6/h11-15,27H,16H2,1-10H3. The van der Waals surface area contributed by atoms with Crippen LogP contribution >= 0.6 is 0 Å². The van der Waals surface area contributed by atoms with Crippen LogP contribution in [0.15, 0.2) is 30.3 Å². The Morgan fingerprint density at radius 3 is 2.12 bits per heavy atom. The Labute approximate surface area is 193 Å². The molecule has 2 heterocycles. The van der Waals surface area contributed by atoms with E-state index in [9.17, 15) is 5.11 Å². The first-order valence-corrected chi connectivity index (χ1v) is 14.4. The average molecular weight is 459 g/mol. The smallest absolute Gasteiger partial charge is 0.265 e. The van der Waals surface area contributed by atoms with Crippen molar-refractivity contribution < 1.29 is 24.0 Å². The number of hydrogen-bond acceptors (Lipinski definition) is 5. The molecule has 1 N–H and O–H groups in total. The molecule has 0 spiro atoms. The third-order valence-electron chi connectivity index (χ3n) is 7.85. The molecule has 2 unspecified atom stereocenters. The van der Waals surface area contributed by atoms with Crippen molar-refractivity contribution in [3.05, 3.63) is 35.9 Å². The highest BCUT2D eigenvalue weighted by Gasteiger charge is 2.81. The van der Waals surface area contributed by atoms with Gasteiger partial charge in [0.15, 0.2) is 5.60 Å². The molecule has 0 amide bonds. The average Bonchev–Trinajstić information content (AvgIpc) is 2.75. The topological polar surface area (TPSA) is 57.2 Å². The fourth-order valence-electron chi connectivity index (χ4n) is 5.25. The Kier molecular flexibility index (Phi) is 4.95. The summed E-state index contributed by atoms with van der Waals surface area (Å²) in [5.41, 5.74) is -0.743. The molecule has 2 aliphatic heterocycles. The van der Waals surface area contributed by atoms with Crippen LogP contribution in [0.3, 0.4) is 0 Å². The minimum Gasteiger partial charge on any atom is -0.543 e. The highest BCUT2D eigenvalue weighted by Crippen LogP contribution is 2.70. The van der Waals surface area contributed by atoms with E-state index in [-0.39, 0.29) is 21.6 Å². The van der Waals surface area contributed by atoms with Crippen molar-refractivity contribution in [2.45, 2.75) is 84.9 Å². The van der Waals surface area contributed by atoms with Crippen LogP contribution in [0.2, 0.25) is 18.1 Å². The Balaban J connectivity index is 1.83. The summed E-state index contributed by atoms with van der Waals surface area (Å²) in [7, 11) is -1.97. The summed E-state index contributed by atoms with van der Waals surface area (Å²) in [5.74, 6) is -0.174. The predicted molar refractivity (Wildman–Crippen MR) is 129 cm³/mol. The molecule has 2 fully saturated rings. The fourth-order valence-corrected chi connectivity index (χ4v) is 6.28. The third kappa shape index (κ3) is 2.99. The van der Waals surface area contributed by atoms with Crippen molar-refractivity contribution in [1.29, 1.82) is 0 Å². The van der Waals surface area contributed by atoms with E-state index < -0.39 is 19.7 Å². The molecule has 5 nitrogen and oxygen atoms in total. The lowest BCUT2D eigenvalue weighted by atomic mass is 9.57. The van der Waals surface area contributed by atoms with Gasteiger partial charge in [0, 0.05) is 10.8 Å². The van der Waals surface area contributed by atoms with Crippen molar-refractivity contribution in [2.75, 3.05) is 6.61 Å². The van der Waals surface area contributed by atoms with Gasteiger partial charge in [0.05, 0.1) is 12.2 Å². The van der Waals surface area contributed by atoms with E-state index in [2.05, 4.69) is 68.5 Å². The molecule has 2 saturated heterocycles. The fraction of sp³-hybridized carbons (Fsp3) is 0.615. The van der Waals surface area contributed by atoms with E-state index in [4.69, 9.17) is 18.9 Å². The maximum Gasteiger partial charge on any atom is 0.265 e. The largest absolute Gasteiger partial charge is 0.543 e. The zero-order valence-electron chi connectivity index (χ0n) is 21.2. The highest BCUT2D eigenvalue weighted by molar-refractivity contribution is 6.74. The summed E-state index contributed by atoms with van der Waals surface area (Å²) in [6, 6.07) is 9.77. The zero-order valence-corrected chi connectivity index (χ0v) is 22.2. The molecule has 0 radical (unpaired) electrons. The summed E-state index contributed by atoms with van der Waals surface area (Å²) in [4.78, 5) is 11.7. The number of phenolic OH excluding ortho intramolecular Hbond substituents is 1. The van der Waals surface area contributed by atoms with Gasteiger partial charge in [0.1, 0.15) is 11.5 Å². The van der Waals surface area contributed by atoms with Crippen LogP contribution in [0, 0.1) is 10.8 Å². The van der Waals surface area contributed by atoms with Gasteiger partial charge >= 0.3 is 0 Å². The predicted octanol–water partition coefficient (Wildman–Crippen LogP) is 6.89. The van der Waals surface area contributed by atoms with Gasteiger partial charge in [-0.3, -0.25) is 0 Å². The van der Waals surface area contributed by atoms with Gasteiger partial charge in [-0.15, -0.1) is 0 Å². The summed E-state index contributed by atoms with van der Waals surface area (Å²) in [6.45, 7) is 22.3. The van der Waals surface area contributed by atoms with E-state index in [1.54, 1.807) is 6.07 Å². The molecular formula is C26H38O5Si. The van der Waals surface area contributed by atoms with E-state index in [1.165, 1.54) is 0 Å². The van der Waals surface area contributed by atoms with Crippen LogP contribution < -0.4 is 4.43 Å². The number of ether oxygens (including phenoxy) is 1. The van der Waals surface area contributed by atoms with Crippen molar-refractivity contribution in [1.82, 2.24) is 0 Å². The monoisotopic (exact) mass is 458 g/mol. The molecule has 6 heteroatoms. The third-order valence-corrected chi connectivity index (χ3v) is 12.2. The first-order chi connectivity index (χ1) is 14.5. The molecule has 0 bridgehead atoms. The lowest BCUT2D eigenvalue weighted by molar-refractivity contribution is -0.626. The second-order valence-corrected chi connectivity index (χ2v) is 17.4. The number of rotatable bonds is 3. The summed E-state index contributed by atoms with van der Waals surface area (Å²) < 4.78 is 12.9. The Hall–Kier alpha value is -1.60. The van der Waals surface area contributed by atoms with Gasteiger partial charge in [-0.1, -0.05) is 61.5 Å². The first-order valence-electron chi connectivity index (χ1n) is 11.4. The molecular weight excluding hydrogens is 420 g/mol. The SMILES string of the molecule is CC(C)(C)C12OOC1(c1cc3cc(O[Si](C)(C)C(C)(C)C)ccc3cc1O)OCC2(C)C. The molecule has 176 valence electrons. The van der Waals surface area contributed by atoms with Crippen LogP contribution in [0.25, 0.3) is 10.8 Å². The molecule has 2 aromatic carbocycles. The number of benzene rings is 2. The number of aromatic hydroxyl groups is 1. The highest BCUT2D eigenvalue weighted by atomic mass is 28.4. The number of phenols is 1. The van der Waals surface area contributed by atoms with Gasteiger partial charge in [0.25, 0.3) is 5.79 Å². The second kappa shape index (κ2) is 6.72. The van der Waals surface area contributed by atoms with Crippen molar-refractivity contribution >= 4 is 19.1 Å². The van der Waals surface area contributed by atoms with E-state index in [0.717, 1.165) is 16.5 Å². The molecule has 0 aliphatic carbocycles. The van der Waals surface area contributed by atoms with Gasteiger partial charge in [-0.25, -0.2) is 4.89 Å². The molecule has 0 saturated carbocycles. The van der Waals surface area contributed by atoms with Gasteiger partial charge < -0.3 is 14.3 Å². The molecule has 2 aromatic rings. The summed E-state index contributed by atoms with van der Waals surface area (Å²) in [5, 5.41) is 13.1. The van der Waals surface area contributed by atoms with E-state index in [1.807, 2.05) is 24.3 Å². The van der Waals surface area contributed by atoms with Crippen LogP contribution in [0.5, 0.6) is 11.5 Å². The van der Waals surface area contributed by atoms with Crippen molar-refractivity contribution in [2.24, 2.45) is 10.8 Å². The molecule has 2 atom stereocenters. The Morgan fingerprint density at radius 1 is 0.938 bits per heavy atom. The molecule has 2 aliphatic rings. The van der Waals surface area contributed by atoms with Crippen molar-refractivity contribution in [3.8, 4) is 11.5 Å². The van der Waals surface area contributed by atoms with Crippen molar-refractivity contribution in [3.63, 3.8) is 0 Å². The lowest BCUT2D eigenvalue weighted by Gasteiger charge is -2.61. The minimum atomic E-state index is -1.97. The lowest BCUT2D eigenvalue weighted by Crippen LogP contribution is -2.73. The van der Waals surface area contributed by atoms with E-state index in [0.29, 0.717) is 12.2 Å². The van der Waals surface area contributed by atoms with Gasteiger partial charge in [-0.05, 0) is 53.2 Å². The van der Waals surface area contributed by atoms with E-state index >= 15 is 0 Å². The Morgan fingerprint density at radius 2 is 1.59 bits per heavy atom. The maximum atomic E-state index is 11.1. The Bertz CT molecular complexity index is 1060. The maximum absolute atomic E-state index is 11.1. The normalized spacial score (nSPS) is 27.8.